The average Bonchev–Trinajstić information content (AvgIpc) is 2.51. The fourth-order valence-electron chi connectivity index (χ4n) is 2.09. The summed E-state index contributed by atoms with van der Waals surface area (Å²) in [6.45, 7) is 5.09. The van der Waals surface area contributed by atoms with E-state index in [9.17, 15) is 0 Å². The van der Waals surface area contributed by atoms with Crippen molar-refractivity contribution in [3.63, 3.8) is 0 Å². The molecular formula is C9H15ClO2. The van der Waals surface area contributed by atoms with Gasteiger partial charge in [-0.25, -0.2) is 0 Å². The monoisotopic (exact) mass is 190 g/mol. The van der Waals surface area contributed by atoms with Crippen LogP contribution >= 0.6 is 11.6 Å². The third kappa shape index (κ3) is 1.09. The van der Waals surface area contributed by atoms with E-state index in [2.05, 4.69) is 13.8 Å². The van der Waals surface area contributed by atoms with Crippen molar-refractivity contribution < 1.29 is 9.47 Å². The highest BCUT2D eigenvalue weighted by molar-refractivity contribution is 6.18. The van der Waals surface area contributed by atoms with Gasteiger partial charge in [-0.1, -0.05) is 13.8 Å². The maximum atomic E-state index is 5.76. The minimum absolute atomic E-state index is 0.113. The Morgan fingerprint density at radius 1 is 1.50 bits per heavy atom. The van der Waals surface area contributed by atoms with Gasteiger partial charge in [0.1, 0.15) is 0 Å². The van der Waals surface area contributed by atoms with Crippen LogP contribution in [0, 0.1) is 11.8 Å². The SMILES string of the molecule is CC1CC2(OCC(CCl)O2)C1C. The lowest BCUT2D eigenvalue weighted by molar-refractivity contribution is -0.273. The zero-order valence-electron chi connectivity index (χ0n) is 7.55. The molecule has 0 bridgehead atoms. The van der Waals surface area contributed by atoms with Crippen LogP contribution in [0.2, 0.25) is 0 Å². The first-order chi connectivity index (χ1) is 5.68. The Hall–Kier alpha value is 0.210. The van der Waals surface area contributed by atoms with E-state index in [1.165, 1.54) is 0 Å². The standard InChI is InChI=1S/C9H15ClO2/c1-6-3-9(7(6)2)11-5-8(4-10)12-9/h6-8H,3-5H2,1-2H3. The highest BCUT2D eigenvalue weighted by Gasteiger charge is 2.55. The third-order valence-corrected chi connectivity index (χ3v) is 3.55. The van der Waals surface area contributed by atoms with Crippen LogP contribution in [0.3, 0.4) is 0 Å². The molecule has 1 aliphatic heterocycles. The molecule has 0 N–H and O–H groups in total. The second-order valence-electron chi connectivity index (χ2n) is 3.99. The highest BCUT2D eigenvalue weighted by Crippen LogP contribution is 2.50. The van der Waals surface area contributed by atoms with Crippen LogP contribution in [0.4, 0.5) is 0 Å². The van der Waals surface area contributed by atoms with Crippen molar-refractivity contribution in [2.24, 2.45) is 11.8 Å². The number of ether oxygens (including phenoxy) is 2. The molecular weight excluding hydrogens is 176 g/mol. The van der Waals surface area contributed by atoms with E-state index >= 15 is 0 Å². The fourth-order valence-corrected chi connectivity index (χ4v) is 2.24. The molecule has 0 aromatic rings. The van der Waals surface area contributed by atoms with Crippen molar-refractivity contribution in [1.82, 2.24) is 0 Å². The summed E-state index contributed by atoms with van der Waals surface area (Å²) in [4.78, 5) is 0. The Kier molecular flexibility index (Phi) is 2.10. The van der Waals surface area contributed by atoms with Gasteiger partial charge in [0.25, 0.3) is 0 Å². The van der Waals surface area contributed by atoms with Crippen molar-refractivity contribution in [3.05, 3.63) is 0 Å². The summed E-state index contributed by atoms with van der Waals surface area (Å²) in [7, 11) is 0. The van der Waals surface area contributed by atoms with E-state index in [1.54, 1.807) is 0 Å². The quantitative estimate of drug-likeness (QED) is 0.589. The van der Waals surface area contributed by atoms with Gasteiger partial charge in [0.05, 0.1) is 18.6 Å². The normalized spacial score (nSPS) is 52.8. The molecule has 70 valence electrons. The van der Waals surface area contributed by atoms with Crippen LogP contribution in [-0.4, -0.2) is 24.4 Å². The van der Waals surface area contributed by atoms with Gasteiger partial charge >= 0.3 is 0 Å². The van der Waals surface area contributed by atoms with E-state index < -0.39 is 0 Å². The molecule has 1 saturated carbocycles. The van der Waals surface area contributed by atoms with Gasteiger partial charge in [-0.05, 0) is 5.92 Å². The molecule has 1 saturated heterocycles. The highest BCUT2D eigenvalue weighted by atomic mass is 35.5. The first-order valence-corrected chi connectivity index (χ1v) is 5.09. The molecule has 4 unspecified atom stereocenters. The molecule has 2 aliphatic rings. The van der Waals surface area contributed by atoms with Crippen molar-refractivity contribution >= 4 is 11.6 Å². The molecule has 3 heteroatoms. The molecule has 2 nitrogen and oxygen atoms in total. The van der Waals surface area contributed by atoms with Crippen molar-refractivity contribution in [1.29, 1.82) is 0 Å². The fraction of sp³-hybridized carbons (Fsp3) is 1.00. The zero-order valence-corrected chi connectivity index (χ0v) is 8.30. The Morgan fingerprint density at radius 3 is 2.67 bits per heavy atom. The molecule has 0 aromatic heterocycles. The predicted octanol–water partition coefficient (Wildman–Crippen LogP) is 2.01. The maximum Gasteiger partial charge on any atom is 0.171 e. The number of hydrogen-bond donors (Lipinski definition) is 0. The molecule has 1 spiro atoms. The molecule has 0 aromatic carbocycles. The maximum absolute atomic E-state index is 5.76. The van der Waals surface area contributed by atoms with Gasteiger partial charge in [0, 0.05) is 12.3 Å². The number of rotatable bonds is 1. The number of halogens is 1. The molecule has 2 rings (SSSR count). The van der Waals surface area contributed by atoms with E-state index in [-0.39, 0.29) is 11.9 Å². The Labute approximate surface area is 78.2 Å². The largest absolute Gasteiger partial charge is 0.347 e. The summed E-state index contributed by atoms with van der Waals surface area (Å²) in [5.74, 6) is 1.52. The lowest BCUT2D eigenvalue weighted by Gasteiger charge is -2.48. The van der Waals surface area contributed by atoms with Gasteiger partial charge in [0.15, 0.2) is 5.79 Å². The summed E-state index contributed by atoms with van der Waals surface area (Å²) in [5.41, 5.74) is 0. The Bertz CT molecular complexity index is 185. The van der Waals surface area contributed by atoms with Crippen LogP contribution < -0.4 is 0 Å². The van der Waals surface area contributed by atoms with E-state index in [4.69, 9.17) is 21.1 Å². The lowest BCUT2D eigenvalue weighted by Crippen LogP contribution is -2.52. The summed E-state index contributed by atoms with van der Waals surface area (Å²) < 4.78 is 11.4. The topological polar surface area (TPSA) is 18.5 Å². The molecule has 2 fully saturated rings. The van der Waals surface area contributed by atoms with Crippen LogP contribution in [0.25, 0.3) is 0 Å². The smallest absolute Gasteiger partial charge is 0.171 e. The first-order valence-electron chi connectivity index (χ1n) is 4.55. The lowest BCUT2D eigenvalue weighted by atomic mass is 9.70. The average molecular weight is 191 g/mol. The van der Waals surface area contributed by atoms with Crippen molar-refractivity contribution in [2.45, 2.75) is 32.2 Å². The molecule has 12 heavy (non-hydrogen) atoms. The van der Waals surface area contributed by atoms with Crippen LogP contribution in [0.1, 0.15) is 20.3 Å². The predicted molar refractivity (Wildman–Crippen MR) is 47.2 cm³/mol. The number of hydrogen-bond acceptors (Lipinski definition) is 2. The summed E-state index contributed by atoms with van der Waals surface area (Å²) in [6, 6.07) is 0. The number of alkyl halides is 1. The van der Waals surface area contributed by atoms with Crippen LogP contribution in [-0.2, 0) is 9.47 Å². The van der Waals surface area contributed by atoms with E-state index in [0.717, 1.165) is 12.3 Å². The molecule has 1 aliphatic carbocycles. The first kappa shape index (κ1) is 8.79. The molecule has 1 heterocycles. The summed E-state index contributed by atoms with van der Waals surface area (Å²) >= 11 is 5.70. The van der Waals surface area contributed by atoms with Gasteiger partial charge in [-0.15, -0.1) is 11.6 Å². The second kappa shape index (κ2) is 2.86. The third-order valence-electron chi connectivity index (χ3n) is 3.21. The minimum atomic E-state index is -0.265. The van der Waals surface area contributed by atoms with Gasteiger partial charge in [-0.3, -0.25) is 0 Å². The second-order valence-corrected chi connectivity index (χ2v) is 4.30. The van der Waals surface area contributed by atoms with E-state index in [1.807, 2.05) is 0 Å². The Morgan fingerprint density at radius 2 is 2.25 bits per heavy atom. The molecule has 4 atom stereocenters. The van der Waals surface area contributed by atoms with Gasteiger partial charge in [0.2, 0.25) is 0 Å². The summed E-state index contributed by atoms with van der Waals surface area (Å²) in [5, 5.41) is 0. The zero-order chi connectivity index (χ0) is 8.77. The molecule has 0 radical (unpaired) electrons. The van der Waals surface area contributed by atoms with Crippen LogP contribution in [0.5, 0.6) is 0 Å². The van der Waals surface area contributed by atoms with Gasteiger partial charge in [-0.2, -0.15) is 0 Å². The van der Waals surface area contributed by atoms with Crippen LogP contribution in [0.15, 0.2) is 0 Å². The van der Waals surface area contributed by atoms with Crippen molar-refractivity contribution in [2.75, 3.05) is 12.5 Å². The van der Waals surface area contributed by atoms with Gasteiger partial charge < -0.3 is 9.47 Å². The Balaban J connectivity index is 1.98. The molecule has 0 amide bonds. The minimum Gasteiger partial charge on any atom is -0.347 e. The summed E-state index contributed by atoms with van der Waals surface area (Å²) in [6.07, 6.45) is 1.14. The van der Waals surface area contributed by atoms with Crippen molar-refractivity contribution in [3.8, 4) is 0 Å². The van der Waals surface area contributed by atoms with E-state index in [0.29, 0.717) is 18.4 Å².